The zero-order valence-corrected chi connectivity index (χ0v) is 17.5. The Kier molecular flexibility index (Phi) is 7.56. The number of rotatable bonds is 7. The number of hydrogen-bond donors (Lipinski definition) is 0. The quantitative estimate of drug-likeness (QED) is 0.470. The number of hydrogen-bond acceptors (Lipinski definition) is 9. The zero-order chi connectivity index (χ0) is 23.1. The van der Waals surface area contributed by atoms with Crippen LogP contribution in [0.1, 0.15) is 34.6 Å². The van der Waals surface area contributed by atoms with Crippen molar-refractivity contribution in [2.24, 2.45) is 0 Å². The lowest BCUT2D eigenvalue weighted by molar-refractivity contribution is -0.189. The predicted octanol–water partition coefficient (Wildman–Crippen LogP) is 2.29. The zero-order valence-electron chi connectivity index (χ0n) is 17.5. The average molecular weight is 442 g/mol. The monoisotopic (exact) mass is 442 g/mol. The molecule has 3 rings (SSSR count). The van der Waals surface area contributed by atoms with Crippen LogP contribution in [-0.4, -0.2) is 55.1 Å². The Bertz CT molecular complexity index is 958. The summed E-state index contributed by atoms with van der Waals surface area (Å²) in [6.07, 6.45) is -4.90. The standard InChI is InChI=1S/C23H22O9/c1-14(24)28-13-18-19(31-21(26)16-9-5-3-6-10-16)20(23(30-18)29-15(2)25)32-22(27)17-11-7-4-8-12-17/h3-12,18-20,23H,13H2,1-2H3/t18?,19-,20-,23?/m1/s1. The first-order valence-corrected chi connectivity index (χ1v) is 9.83. The maximum Gasteiger partial charge on any atom is 0.338 e. The lowest BCUT2D eigenvalue weighted by Crippen LogP contribution is -2.42. The molecule has 32 heavy (non-hydrogen) atoms. The molecule has 9 heteroatoms. The minimum atomic E-state index is -1.37. The summed E-state index contributed by atoms with van der Waals surface area (Å²) >= 11 is 0. The van der Waals surface area contributed by atoms with Gasteiger partial charge in [-0.25, -0.2) is 9.59 Å². The van der Waals surface area contributed by atoms with Crippen molar-refractivity contribution in [1.29, 1.82) is 0 Å². The largest absolute Gasteiger partial charge is 0.463 e. The average Bonchev–Trinajstić information content (AvgIpc) is 3.08. The van der Waals surface area contributed by atoms with E-state index in [2.05, 4.69) is 0 Å². The molecule has 0 radical (unpaired) electrons. The van der Waals surface area contributed by atoms with E-state index in [9.17, 15) is 19.2 Å². The highest BCUT2D eigenvalue weighted by Gasteiger charge is 2.52. The van der Waals surface area contributed by atoms with Gasteiger partial charge in [-0.3, -0.25) is 9.59 Å². The van der Waals surface area contributed by atoms with Gasteiger partial charge >= 0.3 is 23.9 Å². The number of esters is 4. The molecule has 0 aromatic heterocycles. The molecule has 0 aliphatic carbocycles. The predicted molar refractivity (Wildman–Crippen MR) is 108 cm³/mol. The van der Waals surface area contributed by atoms with Gasteiger partial charge in [-0.2, -0.15) is 0 Å². The first-order valence-electron chi connectivity index (χ1n) is 9.83. The van der Waals surface area contributed by atoms with Gasteiger partial charge in [0.05, 0.1) is 11.1 Å². The highest BCUT2D eigenvalue weighted by atomic mass is 16.8. The molecular formula is C23H22O9. The molecule has 1 fully saturated rings. The number of ether oxygens (including phenoxy) is 5. The van der Waals surface area contributed by atoms with Gasteiger partial charge < -0.3 is 23.7 Å². The molecule has 0 saturated carbocycles. The number of carbonyl (C=O) groups excluding carboxylic acids is 4. The number of benzene rings is 2. The third-order valence-corrected chi connectivity index (χ3v) is 4.51. The molecule has 4 atom stereocenters. The van der Waals surface area contributed by atoms with Crippen LogP contribution in [0.5, 0.6) is 0 Å². The Balaban J connectivity index is 1.87. The van der Waals surface area contributed by atoms with Crippen LogP contribution in [0.25, 0.3) is 0 Å². The molecule has 1 aliphatic rings. The van der Waals surface area contributed by atoms with Crippen LogP contribution in [0.15, 0.2) is 60.7 Å². The van der Waals surface area contributed by atoms with Crippen molar-refractivity contribution in [3.63, 3.8) is 0 Å². The molecule has 0 spiro atoms. The summed E-state index contributed by atoms with van der Waals surface area (Å²) in [4.78, 5) is 48.2. The topological polar surface area (TPSA) is 114 Å². The van der Waals surface area contributed by atoms with Gasteiger partial charge in [0, 0.05) is 13.8 Å². The van der Waals surface area contributed by atoms with Crippen LogP contribution in [0.4, 0.5) is 0 Å². The summed E-state index contributed by atoms with van der Waals surface area (Å²) in [5.74, 6) is -2.73. The smallest absolute Gasteiger partial charge is 0.338 e. The van der Waals surface area contributed by atoms with Crippen molar-refractivity contribution in [1.82, 2.24) is 0 Å². The first kappa shape index (κ1) is 23.0. The van der Waals surface area contributed by atoms with Crippen LogP contribution < -0.4 is 0 Å². The van der Waals surface area contributed by atoms with Gasteiger partial charge in [-0.05, 0) is 24.3 Å². The SMILES string of the molecule is CC(=O)OCC1OC(OC(C)=O)[C@H](OC(=O)c2ccccc2)[C@@H]1OC(=O)c1ccccc1. The summed E-state index contributed by atoms with van der Waals surface area (Å²) in [6, 6.07) is 16.3. The van der Waals surface area contributed by atoms with E-state index < -0.39 is 48.5 Å². The summed E-state index contributed by atoms with van der Waals surface area (Å²) in [5, 5.41) is 0. The Labute approximate surface area is 184 Å². The van der Waals surface area contributed by atoms with Crippen molar-refractivity contribution in [3.8, 4) is 0 Å². The van der Waals surface area contributed by atoms with Gasteiger partial charge in [0.1, 0.15) is 12.7 Å². The molecule has 1 aliphatic heterocycles. The number of carbonyl (C=O) groups is 4. The lowest BCUT2D eigenvalue weighted by Gasteiger charge is -2.24. The van der Waals surface area contributed by atoms with Crippen molar-refractivity contribution in [2.45, 2.75) is 38.4 Å². The summed E-state index contributed by atoms with van der Waals surface area (Å²) in [6.45, 7) is 2.06. The highest BCUT2D eigenvalue weighted by Crippen LogP contribution is 2.30. The van der Waals surface area contributed by atoms with Gasteiger partial charge in [0.25, 0.3) is 0 Å². The molecule has 2 aromatic rings. The van der Waals surface area contributed by atoms with Gasteiger partial charge in [0.2, 0.25) is 12.4 Å². The third kappa shape index (κ3) is 5.92. The molecule has 0 N–H and O–H groups in total. The lowest BCUT2D eigenvalue weighted by atomic mass is 10.1. The van der Waals surface area contributed by atoms with E-state index in [4.69, 9.17) is 23.7 Å². The third-order valence-electron chi connectivity index (χ3n) is 4.51. The maximum absolute atomic E-state index is 12.7. The van der Waals surface area contributed by atoms with Gasteiger partial charge in [-0.15, -0.1) is 0 Å². The molecule has 2 aromatic carbocycles. The fraction of sp³-hybridized carbons (Fsp3) is 0.304. The fourth-order valence-electron chi connectivity index (χ4n) is 3.08. The molecule has 0 amide bonds. The molecule has 2 unspecified atom stereocenters. The van der Waals surface area contributed by atoms with Crippen LogP contribution in [0.2, 0.25) is 0 Å². The molecule has 9 nitrogen and oxygen atoms in total. The van der Waals surface area contributed by atoms with E-state index in [1.165, 1.54) is 6.92 Å². The Morgan fingerprint density at radius 2 is 1.22 bits per heavy atom. The van der Waals surface area contributed by atoms with Crippen LogP contribution in [0.3, 0.4) is 0 Å². The Hall–Kier alpha value is -3.72. The molecule has 1 saturated heterocycles. The molecule has 1 heterocycles. The van der Waals surface area contributed by atoms with Crippen molar-refractivity contribution < 1.29 is 42.9 Å². The molecule has 168 valence electrons. The van der Waals surface area contributed by atoms with Crippen molar-refractivity contribution in [3.05, 3.63) is 71.8 Å². The van der Waals surface area contributed by atoms with E-state index in [-0.39, 0.29) is 17.7 Å². The van der Waals surface area contributed by atoms with Crippen molar-refractivity contribution >= 4 is 23.9 Å². The van der Waals surface area contributed by atoms with E-state index in [1.807, 2.05) is 0 Å². The summed E-state index contributed by atoms with van der Waals surface area (Å²) < 4.78 is 26.9. The second-order valence-electron chi connectivity index (χ2n) is 6.93. The minimum absolute atomic E-state index is 0.241. The van der Waals surface area contributed by atoms with E-state index in [0.29, 0.717) is 0 Å². The highest BCUT2D eigenvalue weighted by molar-refractivity contribution is 5.90. The second-order valence-corrected chi connectivity index (χ2v) is 6.93. The van der Waals surface area contributed by atoms with Gasteiger partial charge in [-0.1, -0.05) is 36.4 Å². The van der Waals surface area contributed by atoms with E-state index in [1.54, 1.807) is 60.7 Å². The Morgan fingerprint density at radius 1 is 0.719 bits per heavy atom. The van der Waals surface area contributed by atoms with E-state index >= 15 is 0 Å². The van der Waals surface area contributed by atoms with Gasteiger partial charge in [0.15, 0.2) is 6.10 Å². The van der Waals surface area contributed by atoms with Crippen molar-refractivity contribution in [2.75, 3.05) is 6.61 Å². The van der Waals surface area contributed by atoms with Crippen LogP contribution in [-0.2, 0) is 33.3 Å². The Morgan fingerprint density at radius 3 is 1.69 bits per heavy atom. The van der Waals surface area contributed by atoms with Crippen LogP contribution >= 0.6 is 0 Å². The van der Waals surface area contributed by atoms with Crippen LogP contribution in [0, 0.1) is 0 Å². The molecular weight excluding hydrogens is 420 g/mol. The second kappa shape index (κ2) is 10.5. The summed E-state index contributed by atoms with van der Waals surface area (Å²) in [7, 11) is 0. The first-order chi connectivity index (χ1) is 15.3. The maximum atomic E-state index is 12.7. The fourth-order valence-corrected chi connectivity index (χ4v) is 3.08. The minimum Gasteiger partial charge on any atom is -0.463 e. The normalized spacial score (nSPS) is 21.9. The molecule has 0 bridgehead atoms. The summed E-state index contributed by atoms with van der Waals surface area (Å²) in [5.41, 5.74) is 0.494. The van der Waals surface area contributed by atoms with E-state index in [0.717, 1.165) is 6.92 Å².